The van der Waals surface area contributed by atoms with Crippen molar-refractivity contribution in [2.45, 2.75) is 33.0 Å². The van der Waals surface area contributed by atoms with E-state index < -0.39 is 0 Å². The number of para-hydroxylation sites is 1. The van der Waals surface area contributed by atoms with E-state index in [1.807, 2.05) is 50.2 Å². The Labute approximate surface area is 140 Å². The van der Waals surface area contributed by atoms with Gasteiger partial charge in [0, 0.05) is 36.9 Å². The standard InChI is InChI=1S/C19H21N3O2/c1-3-22-16-7-5-4-6-15(16)18(23)17(19(22)24)13(2)21-12-14-8-10-20-11-9-14/h4-11,13,21,23H,3,12H2,1-2H3. The molecule has 1 atom stereocenters. The molecule has 3 aromatic rings. The number of pyridine rings is 2. The smallest absolute Gasteiger partial charge is 0.259 e. The van der Waals surface area contributed by atoms with Crippen LogP contribution in [0, 0.1) is 0 Å². The van der Waals surface area contributed by atoms with Gasteiger partial charge in [0.15, 0.2) is 0 Å². The van der Waals surface area contributed by atoms with Gasteiger partial charge in [-0.3, -0.25) is 9.78 Å². The van der Waals surface area contributed by atoms with Crippen molar-refractivity contribution in [3.63, 3.8) is 0 Å². The van der Waals surface area contributed by atoms with E-state index >= 15 is 0 Å². The van der Waals surface area contributed by atoms with Crippen LogP contribution in [-0.4, -0.2) is 14.7 Å². The number of aryl methyl sites for hydroxylation is 1. The molecular weight excluding hydrogens is 302 g/mol. The molecule has 0 saturated heterocycles. The van der Waals surface area contributed by atoms with Gasteiger partial charge in [-0.15, -0.1) is 0 Å². The fourth-order valence-electron chi connectivity index (χ4n) is 2.99. The summed E-state index contributed by atoms with van der Waals surface area (Å²) in [5.74, 6) is 0.0648. The first kappa shape index (κ1) is 16.2. The number of aromatic nitrogens is 2. The van der Waals surface area contributed by atoms with Crippen molar-refractivity contribution in [2.24, 2.45) is 0 Å². The summed E-state index contributed by atoms with van der Waals surface area (Å²) in [7, 11) is 0. The summed E-state index contributed by atoms with van der Waals surface area (Å²) in [6.45, 7) is 4.99. The van der Waals surface area contributed by atoms with Crippen LogP contribution in [0.3, 0.4) is 0 Å². The Morgan fingerprint density at radius 3 is 2.62 bits per heavy atom. The normalized spacial score (nSPS) is 12.4. The van der Waals surface area contributed by atoms with E-state index in [2.05, 4.69) is 10.3 Å². The first-order valence-electron chi connectivity index (χ1n) is 8.10. The van der Waals surface area contributed by atoms with E-state index in [0.717, 1.165) is 11.1 Å². The van der Waals surface area contributed by atoms with Crippen molar-refractivity contribution in [1.29, 1.82) is 0 Å². The molecule has 2 heterocycles. The molecule has 1 aromatic carbocycles. The first-order valence-corrected chi connectivity index (χ1v) is 8.10. The van der Waals surface area contributed by atoms with Crippen molar-refractivity contribution in [2.75, 3.05) is 0 Å². The largest absolute Gasteiger partial charge is 0.507 e. The predicted octanol–water partition coefficient (Wildman–Crippen LogP) is 2.97. The summed E-state index contributed by atoms with van der Waals surface area (Å²) in [5, 5.41) is 14.7. The van der Waals surface area contributed by atoms with Gasteiger partial charge in [0.1, 0.15) is 5.75 Å². The first-order chi connectivity index (χ1) is 11.6. The summed E-state index contributed by atoms with van der Waals surface area (Å²) in [6.07, 6.45) is 3.47. The summed E-state index contributed by atoms with van der Waals surface area (Å²) in [4.78, 5) is 16.8. The maximum absolute atomic E-state index is 12.8. The second-order valence-corrected chi connectivity index (χ2v) is 5.79. The Hall–Kier alpha value is -2.66. The van der Waals surface area contributed by atoms with Crippen LogP contribution < -0.4 is 10.9 Å². The number of nitrogens with zero attached hydrogens (tertiary/aromatic N) is 2. The fraction of sp³-hybridized carbons (Fsp3) is 0.263. The van der Waals surface area contributed by atoms with Crippen LogP contribution in [0.2, 0.25) is 0 Å². The van der Waals surface area contributed by atoms with E-state index in [0.29, 0.717) is 24.0 Å². The minimum atomic E-state index is -0.270. The third-order valence-corrected chi connectivity index (χ3v) is 4.29. The van der Waals surface area contributed by atoms with Gasteiger partial charge >= 0.3 is 0 Å². The summed E-state index contributed by atoms with van der Waals surface area (Å²) >= 11 is 0. The molecule has 124 valence electrons. The van der Waals surface area contributed by atoms with Crippen LogP contribution in [0.1, 0.15) is 31.0 Å². The van der Waals surface area contributed by atoms with Crippen LogP contribution >= 0.6 is 0 Å². The molecule has 0 bridgehead atoms. The summed E-state index contributed by atoms with van der Waals surface area (Å²) in [5.41, 5.74) is 2.09. The monoisotopic (exact) mass is 323 g/mol. The van der Waals surface area contributed by atoms with E-state index in [1.165, 1.54) is 0 Å². The number of hydrogen-bond acceptors (Lipinski definition) is 4. The molecule has 2 aromatic heterocycles. The Kier molecular flexibility index (Phi) is 4.62. The highest BCUT2D eigenvalue weighted by molar-refractivity contribution is 5.86. The second-order valence-electron chi connectivity index (χ2n) is 5.79. The molecule has 2 N–H and O–H groups in total. The van der Waals surface area contributed by atoms with Crippen LogP contribution in [0.15, 0.2) is 53.6 Å². The van der Waals surface area contributed by atoms with Gasteiger partial charge < -0.3 is 15.0 Å². The third kappa shape index (κ3) is 2.90. The highest BCUT2D eigenvalue weighted by Crippen LogP contribution is 2.29. The zero-order chi connectivity index (χ0) is 17.1. The lowest BCUT2D eigenvalue weighted by molar-refractivity contribution is 0.452. The van der Waals surface area contributed by atoms with Gasteiger partial charge in [0.05, 0.1) is 11.1 Å². The van der Waals surface area contributed by atoms with Crippen LogP contribution in [0.25, 0.3) is 10.9 Å². The molecule has 24 heavy (non-hydrogen) atoms. The molecule has 3 rings (SSSR count). The maximum Gasteiger partial charge on any atom is 0.259 e. The Morgan fingerprint density at radius 1 is 1.21 bits per heavy atom. The molecule has 0 aliphatic carbocycles. The molecule has 0 saturated carbocycles. The average Bonchev–Trinajstić information content (AvgIpc) is 2.61. The molecule has 0 aliphatic rings. The number of hydrogen-bond donors (Lipinski definition) is 2. The molecule has 5 nitrogen and oxygen atoms in total. The third-order valence-electron chi connectivity index (χ3n) is 4.29. The Morgan fingerprint density at radius 2 is 1.92 bits per heavy atom. The summed E-state index contributed by atoms with van der Waals surface area (Å²) < 4.78 is 1.70. The van der Waals surface area contributed by atoms with E-state index in [-0.39, 0.29) is 17.4 Å². The van der Waals surface area contributed by atoms with Crippen LogP contribution in [0.4, 0.5) is 0 Å². The zero-order valence-electron chi connectivity index (χ0n) is 13.9. The van der Waals surface area contributed by atoms with Gasteiger partial charge in [-0.25, -0.2) is 0 Å². The highest BCUT2D eigenvalue weighted by atomic mass is 16.3. The number of benzene rings is 1. The lowest BCUT2D eigenvalue weighted by Gasteiger charge is -2.19. The van der Waals surface area contributed by atoms with Gasteiger partial charge in [0.2, 0.25) is 0 Å². The van der Waals surface area contributed by atoms with Gasteiger partial charge in [-0.1, -0.05) is 12.1 Å². The molecule has 1 unspecified atom stereocenters. The van der Waals surface area contributed by atoms with Crippen molar-refractivity contribution in [3.8, 4) is 5.75 Å². The fourth-order valence-corrected chi connectivity index (χ4v) is 2.99. The minimum absolute atomic E-state index is 0.0648. The lowest BCUT2D eigenvalue weighted by Crippen LogP contribution is -2.30. The Bertz CT molecular complexity index is 904. The van der Waals surface area contributed by atoms with Gasteiger partial charge in [-0.2, -0.15) is 0 Å². The maximum atomic E-state index is 12.8. The number of nitrogens with one attached hydrogen (secondary N) is 1. The van der Waals surface area contributed by atoms with Crippen LogP contribution in [0.5, 0.6) is 5.75 Å². The highest BCUT2D eigenvalue weighted by Gasteiger charge is 2.20. The van der Waals surface area contributed by atoms with E-state index in [1.54, 1.807) is 17.0 Å². The quantitative estimate of drug-likeness (QED) is 0.757. The number of aromatic hydroxyl groups is 1. The van der Waals surface area contributed by atoms with Gasteiger partial charge in [-0.05, 0) is 43.7 Å². The predicted molar refractivity (Wildman–Crippen MR) is 95.0 cm³/mol. The molecule has 0 spiro atoms. The lowest BCUT2D eigenvalue weighted by atomic mass is 10.0. The average molecular weight is 323 g/mol. The number of fused-ring (bicyclic) bond motifs is 1. The van der Waals surface area contributed by atoms with Crippen LogP contribution in [-0.2, 0) is 13.1 Å². The van der Waals surface area contributed by atoms with E-state index in [9.17, 15) is 9.90 Å². The molecule has 0 radical (unpaired) electrons. The molecular formula is C19H21N3O2. The second kappa shape index (κ2) is 6.84. The van der Waals surface area contributed by atoms with Crippen molar-refractivity contribution >= 4 is 10.9 Å². The SMILES string of the molecule is CCn1c(=O)c(C(C)NCc2ccncc2)c(O)c2ccccc21. The number of rotatable bonds is 5. The van der Waals surface area contributed by atoms with Crippen molar-refractivity contribution in [3.05, 3.63) is 70.3 Å². The minimum Gasteiger partial charge on any atom is -0.507 e. The van der Waals surface area contributed by atoms with Gasteiger partial charge in [0.25, 0.3) is 5.56 Å². The molecule has 5 heteroatoms. The Balaban J connectivity index is 2.00. The molecule has 0 fully saturated rings. The topological polar surface area (TPSA) is 67.2 Å². The molecule has 0 amide bonds. The zero-order valence-corrected chi connectivity index (χ0v) is 13.9. The van der Waals surface area contributed by atoms with E-state index in [4.69, 9.17) is 0 Å². The molecule has 0 aliphatic heterocycles. The summed E-state index contributed by atoms with van der Waals surface area (Å²) in [6, 6.07) is 11.0. The van der Waals surface area contributed by atoms with Crippen molar-refractivity contribution < 1.29 is 5.11 Å². The van der Waals surface area contributed by atoms with Crippen molar-refractivity contribution in [1.82, 2.24) is 14.9 Å².